The zero-order valence-corrected chi connectivity index (χ0v) is 10.8. The van der Waals surface area contributed by atoms with Gasteiger partial charge in [0.1, 0.15) is 5.75 Å². The lowest BCUT2D eigenvalue weighted by Crippen LogP contribution is -2.04. The van der Waals surface area contributed by atoms with Gasteiger partial charge in [0.15, 0.2) is 0 Å². The highest BCUT2D eigenvalue weighted by atomic mass is 32.2. The van der Waals surface area contributed by atoms with E-state index in [0.717, 1.165) is 11.8 Å². The van der Waals surface area contributed by atoms with E-state index in [1.807, 2.05) is 18.2 Å². The summed E-state index contributed by atoms with van der Waals surface area (Å²) in [5.41, 5.74) is 1.32. The average molecular weight is 264 g/mol. The Hall–Kier alpha value is -1.95. The van der Waals surface area contributed by atoms with E-state index in [-0.39, 0.29) is 5.16 Å². The van der Waals surface area contributed by atoms with E-state index in [2.05, 4.69) is 9.97 Å². The third kappa shape index (κ3) is 2.65. The molecule has 2 aromatic rings. The molecular weight excluding hydrogens is 252 g/mol. The number of benzene rings is 1. The summed E-state index contributed by atoms with van der Waals surface area (Å²) >= 11 is 0. The van der Waals surface area contributed by atoms with Crippen molar-refractivity contribution < 1.29 is 13.2 Å². The second kappa shape index (κ2) is 4.73. The first-order chi connectivity index (χ1) is 8.50. The molecule has 0 amide bonds. The normalized spacial score (nSPS) is 11.2. The lowest BCUT2D eigenvalue weighted by atomic mass is 10.1. The van der Waals surface area contributed by atoms with Crippen molar-refractivity contribution in [2.75, 3.05) is 13.4 Å². The minimum absolute atomic E-state index is 0.178. The van der Waals surface area contributed by atoms with E-state index < -0.39 is 9.84 Å². The molecule has 1 aromatic heterocycles. The summed E-state index contributed by atoms with van der Waals surface area (Å²) in [6, 6.07) is 8.90. The van der Waals surface area contributed by atoms with Gasteiger partial charge in [0.25, 0.3) is 0 Å². The summed E-state index contributed by atoms with van der Waals surface area (Å²) < 4.78 is 27.9. The molecule has 0 fully saturated rings. The van der Waals surface area contributed by atoms with Crippen LogP contribution < -0.4 is 4.74 Å². The van der Waals surface area contributed by atoms with Gasteiger partial charge in [-0.25, -0.2) is 18.4 Å². The smallest absolute Gasteiger partial charge is 0.247 e. The molecule has 0 radical (unpaired) electrons. The summed E-state index contributed by atoms with van der Waals surface area (Å²) in [5.74, 6) is 0.687. The Bertz CT molecular complexity index is 669. The van der Waals surface area contributed by atoms with Crippen LogP contribution in [-0.2, 0) is 9.84 Å². The van der Waals surface area contributed by atoms with E-state index in [1.54, 1.807) is 19.2 Å². The number of hydrogen-bond acceptors (Lipinski definition) is 5. The molecule has 0 unspecified atom stereocenters. The molecule has 0 aliphatic heterocycles. The number of nitrogens with zero attached hydrogens (tertiary/aromatic N) is 2. The van der Waals surface area contributed by atoms with E-state index >= 15 is 0 Å². The first-order valence-corrected chi connectivity index (χ1v) is 7.07. The van der Waals surface area contributed by atoms with Gasteiger partial charge in [-0.3, -0.25) is 0 Å². The minimum atomic E-state index is -3.40. The van der Waals surface area contributed by atoms with Crippen molar-refractivity contribution in [1.29, 1.82) is 0 Å². The van der Waals surface area contributed by atoms with Gasteiger partial charge < -0.3 is 4.74 Å². The molecule has 5 nitrogen and oxygen atoms in total. The van der Waals surface area contributed by atoms with Crippen LogP contribution in [0.15, 0.2) is 41.7 Å². The second-order valence-electron chi connectivity index (χ2n) is 3.73. The van der Waals surface area contributed by atoms with Gasteiger partial charge in [-0.15, -0.1) is 0 Å². The first kappa shape index (κ1) is 12.5. The first-order valence-electron chi connectivity index (χ1n) is 5.18. The van der Waals surface area contributed by atoms with Crippen LogP contribution in [0.4, 0.5) is 0 Å². The van der Waals surface area contributed by atoms with Crippen molar-refractivity contribution in [3.63, 3.8) is 0 Å². The van der Waals surface area contributed by atoms with E-state index in [0.29, 0.717) is 11.4 Å². The minimum Gasteiger partial charge on any atom is -0.497 e. The summed E-state index contributed by atoms with van der Waals surface area (Å²) in [6.07, 6.45) is 2.51. The van der Waals surface area contributed by atoms with E-state index in [1.165, 1.54) is 6.20 Å². The zero-order chi connectivity index (χ0) is 13.2. The third-order valence-electron chi connectivity index (χ3n) is 2.33. The highest BCUT2D eigenvalue weighted by Crippen LogP contribution is 2.22. The van der Waals surface area contributed by atoms with Crippen LogP contribution in [0.1, 0.15) is 0 Å². The van der Waals surface area contributed by atoms with E-state index in [9.17, 15) is 8.42 Å². The largest absolute Gasteiger partial charge is 0.497 e. The van der Waals surface area contributed by atoms with E-state index in [4.69, 9.17) is 4.74 Å². The van der Waals surface area contributed by atoms with Crippen LogP contribution in [0.25, 0.3) is 11.3 Å². The van der Waals surface area contributed by atoms with Crippen LogP contribution in [-0.4, -0.2) is 31.8 Å². The van der Waals surface area contributed by atoms with Gasteiger partial charge in [-0.05, 0) is 18.2 Å². The molecule has 0 saturated heterocycles. The Morgan fingerprint density at radius 3 is 2.67 bits per heavy atom. The van der Waals surface area contributed by atoms with Crippen molar-refractivity contribution in [2.24, 2.45) is 0 Å². The average Bonchev–Trinajstić information content (AvgIpc) is 2.38. The van der Waals surface area contributed by atoms with Crippen LogP contribution in [0.2, 0.25) is 0 Å². The summed E-state index contributed by atoms with van der Waals surface area (Å²) in [4.78, 5) is 7.78. The number of methoxy groups -OCH3 is 1. The number of hydrogen-bond donors (Lipinski definition) is 0. The van der Waals surface area contributed by atoms with Crippen molar-refractivity contribution in [3.8, 4) is 17.0 Å². The predicted octanol–water partition coefficient (Wildman–Crippen LogP) is 1.56. The molecular formula is C12H12N2O3S. The van der Waals surface area contributed by atoms with Crippen LogP contribution in [0, 0.1) is 0 Å². The molecule has 94 valence electrons. The monoisotopic (exact) mass is 264 g/mol. The second-order valence-corrected chi connectivity index (χ2v) is 5.64. The van der Waals surface area contributed by atoms with Gasteiger partial charge in [0.2, 0.25) is 15.0 Å². The summed E-state index contributed by atoms with van der Waals surface area (Å²) in [5, 5.41) is -0.178. The molecule has 1 aromatic carbocycles. The molecule has 0 atom stereocenters. The van der Waals surface area contributed by atoms with Crippen molar-refractivity contribution in [1.82, 2.24) is 9.97 Å². The topological polar surface area (TPSA) is 69.2 Å². The molecule has 18 heavy (non-hydrogen) atoms. The number of sulfone groups is 1. The lowest BCUT2D eigenvalue weighted by Gasteiger charge is -2.04. The highest BCUT2D eigenvalue weighted by Gasteiger charge is 2.12. The highest BCUT2D eigenvalue weighted by molar-refractivity contribution is 7.90. The Kier molecular flexibility index (Phi) is 3.29. The Labute approximate surface area is 105 Å². The van der Waals surface area contributed by atoms with Gasteiger partial charge in [0.05, 0.1) is 12.8 Å². The molecule has 0 aliphatic carbocycles. The predicted molar refractivity (Wildman–Crippen MR) is 67.1 cm³/mol. The lowest BCUT2D eigenvalue weighted by molar-refractivity contribution is 0.415. The zero-order valence-electron chi connectivity index (χ0n) is 9.99. The molecule has 0 aliphatic rings. The Morgan fingerprint density at radius 1 is 1.22 bits per heavy atom. The molecule has 0 saturated carbocycles. The number of ether oxygens (including phenoxy) is 1. The maximum atomic E-state index is 11.4. The number of rotatable bonds is 3. The third-order valence-corrected chi connectivity index (χ3v) is 3.19. The Morgan fingerprint density at radius 2 is 2.00 bits per heavy atom. The summed E-state index contributed by atoms with van der Waals surface area (Å²) in [7, 11) is -1.83. The van der Waals surface area contributed by atoms with Crippen LogP contribution in [0.3, 0.4) is 0 Å². The van der Waals surface area contributed by atoms with Gasteiger partial charge in [0, 0.05) is 18.0 Å². The van der Waals surface area contributed by atoms with Crippen LogP contribution >= 0.6 is 0 Å². The van der Waals surface area contributed by atoms with Gasteiger partial charge in [-0.2, -0.15) is 0 Å². The fourth-order valence-corrected chi connectivity index (χ4v) is 1.98. The quantitative estimate of drug-likeness (QED) is 0.787. The van der Waals surface area contributed by atoms with Crippen molar-refractivity contribution in [3.05, 3.63) is 36.5 Å². The van der Waals surface area contributed by atoms with Gasteiger partial charge >= 0.3 is 0 Å². The molecule has 2 rings (SSSR count). The van der Waals surface area contributed by atoms with Crippen LogP contribution in [0.5, 0.6) is 5.75 Å². The fraction of sp³-hybridized carbons (Fsp3) is 0.167. The number of aromatic nitrogens is 2. The SMILES string of the molecule is COc1cccc(-c2ccnc(S(C)(=O)=O)n2)c1. The Balaban J connectivity index is 2.51. The molecule has 0 bridgehead atoms. The molecule has 0 N–H and O–H groups in total. The van der Waals surface area contributed by atoms with Crippen molar-refractivity contribution >= 4 is 9.84 Å². The van der Waals surface area contributed by atoms with Gasteiger partial charge in [-0.1, -0.05) is 12.1 Å². The molecule has 1 heterocycles. The maximum Gasteiger partial charge on any atom is 0.247 e. The molecule has 6 heteroatoms. The molecule has 0 spiro atoms. The fourth-order valence-electron chi connectivity index (χ4n) is 1.46. The maximum absolute atomic E-state index is 11.4. The van der Waals surface area contributed by atoms with Crippen molar-refractivity contribution in [2.45, 2.75) is 5.16 Å². The summed E-state index contributed by atoms with van der Waals surface area (Å²) in [6.45, 7) is 0. The standard InChI is InChI=1S/C12H12N2O3S/c1-17-10-5-3-4-9(8-10)11-6-7-13-12(14-11)18(2,15)16/h3-8H,1-2H3.